The number of aryl methyl sites for hydroxylation is 1. The Balaban J connectivity index is 1.81. The maximum absolute atomic E-state index is 12.7. The van der Waals surface area contributed by atoms with E-state index in [2.05, 4.69) is 10.4 Å². The summed E-state index contributed by atoms with van der Waals surface area (Å²) in [6.45, 7) is 2.90. The van der Waals surface area contributed by atoms with Gasteiger partial charge in [0, 0.05) is 18.7 Å². The molecule has 1 N–H and O–H groups in total. The summed E-state index contributed by atoms with van der Waals surface area (Å²) in [7, 11) is 1.76. The van der Waals surface area contributed by atoms with Crippen molar-refractivity contribution in [2.24, 2.45) is 7.05 Å². The number of nitrogens with zero attached hydrogens (tertiary/aromatic N) is 2. The van der Waals surface area contributed by atoms with Gasteiger partial charge in [-0.15, -0.1) is 0 Å². The highest BCUT2D eigenvalue weighted by molar-refractivity contribution is 6.34. The van der Waals surface area contributed by atoms with Gasteiger partial charge in [0.25, 0.3) is 5.91 Å². The lowest BCUT2D eigenvalue weighted by molar-refractivity contribution is 0.0872. The zero-order chi connectivity index (χ0) is 17.3. The number of rotatable bonds is 4. The van der Waals surface area contributed by atoms with Crippen molar-refractivity contribution in [2.45, 2.75) is 25.3 Å². The third kappa shape index (κ3) is 3.43. The second-order valence-corrected chi connectivity index (χ2v) is 7.03. The van der Waals surface area contributed by atoms with E-state index in [-0.39, 0.29) is 11.6 Å². The fourth-order valence-corrected chi connectivity index (χ4v) is 3.28. The number of carbonyl (C=O) groups excluding carboxylic acids is 1. The molecule has 3 rings (SSSR count). The number of halogens is 2. The zero-order valence-corrected chi connectivity index (χ0v) is 15.1. The largest absolute Gasteiger partial charge is 0.379 e. The van der Waals surface area contributed by atoms with E-state index in [0.29, 0.717) is 29.7 Å². The summed E-state index contributed by atoms with van der Waals surface area (Å²) < 4.78 is 7.16. The van der Waals surface area contributed by atoms with Crippen LogP contribution < -0.4 is 5.32 Å². The third-order valence-electron chi connectivity index (χ3n) is 4.41. The molecule has 0 saturated carbocycles. The third-order valence-corrected chi connectivity index (χ3v) is 5.12. The molecule has 1 saturated heterocycles. The molecule has 1 aromatic carbocycles. The normalized spacial score (nSPS) is 20.3. The molecule has 1 aromatic heterocycles. The van der Waals surface area contributed by atoms with Gasteiger partial charge in [0.1, 0.15) is 0 Å². The van der Waals surface area contributed by atoms with Gasteiger partial charge in [0.2, 0.25) is 0 Å². The van der Waals surface area contributed by atoms with Crippen LogP contribution in [0.1, 0.15) is 28.2 Å². The Bertz CT molecular complexity index is 750. The van der Waals surface area contributed by atoms with Crippen molar-refractivity contribution in [3.63, 3.8) is 0 Å². The number of hydrogen-bond donors (Lipinski definition) is 1. The average molecular weight is 368 g/mol. The molecule has 0 bridgehead atoms. The molecular formula is C17H19Cl2N3O2. The number of ether oxygens (including phenoxy) is 1. The van der Waals surface area contributed by atoms with E-state index in [0.717, 1.165) is 17.7 Å². The monoisotopic (exact) mass is 367 g/mol. The van der Waals surface area contributed by atoms with E-state index >= 15 is 0 Å². The molecule has 0 spiro atoms. The Morgan fingerprint density at radius 3 is 2.62 bits per heavy atom. The molecule has 1 unspecified atom stereocenters. The first-order valence-corrected chi connectivity index (χ1v) is 8.50. The van der Waals surface area contributed by atoms with Crippen LogP contribution in [0.4, 0.5) is 0 Å². The quantitative estimate of drug-likeness (QED) is 0.902. The Kier molecular flexibility index (Phi) is 4.85. The smallest absolute Gasteiger partial charge is 0.273 e. The molecule has 24 heavy (non-hydrogen) atoms. The molecule has 0 radical (unpaired) electrons. The number of amides is 1. The van der Waals surface area contributed by atoms with Crippen molar-refractivity contribution in [2.75, 3.05) is 13.2 Å². The van der Waals surface area contributed by atoms with Crippen LogP contribution in [-0.2, 0) is 18.2 Å². The lowest BCUT2D eigenvalue weighted by Gasteiger charge is -2.28. The van der Waals surface area contributed by atoms with Gasteiger partial charge in [0.05, 0.1) is 22.9 Å². The first kappa shape index (κ1) is 17.3. The van der Waals surface area contributed by atoms with Crippen LogP contribution in [-0.4, -0.2) is 34.4 Å². The predicted octanol–water partition coefficient (Wildman–Crippen LogP) is 3.17. The van der Waals surface area contributed by atoms with Crippen LogP contribution in [0.25, 0.3) is 0 Å². The van der Waals surface area contributed by atoms with Gasteiger partial charge < -0.3 is 10.1 Å². The van der Waals surface area contributed by atoms with E-state index in [1.54, 1.807) is 11.7 Å². The van der Waals surface area contributed by atoms with Crippen LogP contribution in [0.15, 0.2) is 24.3 Å². The first-order valence-electron chi connectivity index (χ1n) is 7.74. The molecule has 1 amide bonds. The van der Waals surface area contributed by atoms with Crippen LogP contribution in [0.5, 0.6) is 0 Å². The summed E-state index contributed by atoms with van der Waals surface area (Å²) in [5.74, 6) is -0.275. The molecular weight excluding hydrogens is 349 g/mol. The highest BCUT2D eigenvalue weighted by atomic mass is 35.5. The van der Waals surface area contributed by atoms with Gasteiger partial charge in [-0.25, -0.2) is 0 Å². The molecule has 7 heteroatoms. The molecule has 1 aliphatic heterocycles. The molecule has 1 aliphatic rings. The highest BCUT2D eigenvalue weighted by Gasteiger charge is 2.37. The summed E-state index contributed by atoms with van der Waals surface area (Å²) in [5, 5.41) is 8.39. The Labute approximate surface area is 150 Å². The second-order valence-electron chi connectivity index (χ2n) is 6.21. The summed E-state index contributed by atoms with van der Waals surface area (Å²) in [6.07, 6.45) is 1.41. The summed E-state index contributed by atoms with van der Waals surface area (Å²) in [5.41, 5.74) is 1.64. The molecule has 5 nitrogen and oxygen atoms in total. The van der Waals surface area contributed by atoms with E-state index in [4.69, 9.17) is 27.9 Å². The van der Waals surface area contributed by atoms with E-state index in [1.807, 2.05) is 31.2 Å². The van der Waals surface area contributed by atoms with Crippen molar-refractivity contribution in [1.29, 1.82) is 0 Å². The molecule has 0 aliphatic carbocycles. The standard InChI is InChI=1S/C17H19Cl2N3O2/c1-11-14(19)15(21-22(11)2)16(23)20-17(7-8-24-10-17)9-12-3-5-13(18)6-4-12/h3-6H,7-10H2,1-2H3,(H,20,23). The minimum absolute atomic E-state index is 0.249. The Hall–Kier alpha value is -1.56. The van der Waals surface area contributed by atoms with Gasteiger partial charge >= 0.3 is 0 Å². The van der Waals surface area contributed by atoms with Crippen molar-refractivity contribution in [3.05, 3.63) is 51.3 Å². The van der Waals surface area contributed by atoms with Gasteiger partial charge in [-0.1, -0.05) is 35.3 Å². The maximum Gasteiger partial charge on any atom is 0.273 e. The summed E-state index contributed by atoms with van der Waals surface area (Å²) >= 11 is 12.2. The molecule has 1 atom stereocenters. The fraction of sp³-hybridized carbons (Fsp3) is 0.412. The zero-order valence-electron chi connectivity index (χ0n) is 13.6. The minimum Gasteiger partial charge on any atom is -0.379 e. The first-order chi connectivity index (χ1) is 11.4. The fourth-order valence-electron chi connectivity index (χ4n) is 2.91. The number of benzene rings is 1. The van der Waals surface area contributed by atoms with Gasteiger partial charge in [-0.3, -0.25) is 9.48 Å². The van der Waals surface area contributed by atoms with Crippen molar-refractivity contribution >= 4 is 29.1 Å². The molecule has 1 fully saturated rings. The minimum atomic E-state index is -0.459. The molecule has 128 valence electrons. The van der Waals surface area contributed by atoms with Crippen LogP contribution >= 0.6 is 23.2 Å². The Morgan fingerprint density at radius 2 is 2.08 bits per heavy atom. The predicted molar refractivity (Wildman–Crippen MR) is 93.7 cm³/mol. The van der Waals surface area contributed by atoms with Gasteiger partial charge in [0.15, 0.2) is 5.69 Å². The van der Waals surface area contributed by atoms with Crippen LogP contribution in [0, 0.1) is 6.92 Å². The van der Waals surface area contributed by atoms with Crippen LogP contribution in [0.2, 0.25) is 10.0 Å². The molecule has 2 aromatic rings. The SMILES string of the molecule is Cc1c(Cl)c(C(=O)NC2(Cc3ccc(Cl)cc3)CCOC2)nn1C. The van der Waals surface area contributed by atoms with Crippen LogP contribution in [0.3, 0.4) is 0 Å². The van der Waals surface area contributed by atoms with Gasteiger partial charge in [-0.05, 0) is 37.5 Å². The van der Waals surface area contributed by atoms with Crippen molar-refractivity contribution < 1.29 is 9.53 Å². The van der Waals surface area contributed by atoms with E-state index in [1.165, 1.54) is 0 Å². The van der Waals surface area contributed by atoms with E-state index in [9.17, 15) is 4.79 Å². The lowest BCUT2D eigenvalue weighted by Crippen LogP contribution is -2.51. The topological polar surface area (TPSA) is 56.1 Å². The number of nitrogens with one attached hydrogen (secondary N) is 1. The van der Waals surface area contributed by atoms with E-state index < -0.39 is 5.54 Å². The maximum atomic E-state index is 12.7. The molecule has 2 heterocycles. The van der Waals surface area contributed by atoms with Crippen molar-refractivity contribution in [1.82, 2.24) is 15.1 Å². The summed E-state index contributed by atoms with van der Waals surface area (Å²) in [4.78, 5) is 12.7. The number of hydrogen-bond acceptors (Lipinski definition) is 3. The Morgan fingerprint density at radius 1 is 1.38 bits per heavy atom. The summed E-state index contributed by atoms with van der Waals surface area (Å²) in [6, 6.07) is 7.63. The average Bonchev–Trinajstić information content (AvgIpc) is 3.10. The van der Waals surface area contributed by atoms with Gasteiger partial charge in [-0.2, -0.15) is 5.10 Å². The highest BCUT2D eigenvalue weighted by Crippen LogP contribution is 2.26. The van der Waals surface area contributed by atoms with Crippen molar-refractivity contribution in [3.8, 4) is 0 Å². The second kappa shape index (κ2) is 6.75. The lowest BCUT2D eigenvalue weighted by atomic mass is 9.89. The number of carbonyl (C=O) groups is 1. The number of aromatic nitrogens is 2.